The van der Waals surface area contributed by atoms with E-state index < -0.39 is 15.8 Å². The number of nitrogens with zero attached hydrogens (tertiary/aromatic N) is 1. The number of nitrogens with two attached hydrogens (primary N) is 1. The maximum Gasteiger partial charge on any atom is 0.243 e. The molecule has 1 aliphatic heterocycles. The Kier molecular flexibility index (Phi) is 4.06. The highest BCUT2D eigenvalue weighted by Crippen LogP contribution is 2.36. The topological polar surface area (TPSA) is 63.4 Å². The van der Waals surface area contributed by atoms with E-state index in [0.717, 1.165) is 12.5 Å². The second-order valence-electron chi connectivity index (χ2n) is 6.84. The molecule has 1 aromatic rings. The molecule has 0 spiro atoms. The molecule has 0 saturated carbocycles. The van der Waals surface area contributed by atoms with Crippen LogP contribution in [0.25, 0.3) is 0 Å². The molecule has 2 N–H and O–H groups in total. The molecule has 2 rings (SSSR count). The summed E-state index contributed by atoms with van der Waals surface area (Å²) < 4.78 is 40.7. The van der Waals surface area contributed by atoms with Gasteiger partial charge in [0, 0.05) is 24.3 Å². The van der Waals surface area contributed by atoms with Crippen LogP contribution < -0.4 is 5.73 Å². The molecule has 1 heterocycles. The third-order valence-electron chi connectivity index (χ3n) is 4.31. The zero-order valence-electron chi connectivity index (χ0n) is 13.0. The predicted octanol–water partition coefficient (Wildman–Crippen LogP) is 2.77. The number of anilines is 1. The number of hydrogen-bond acceptors (Lipinski definition) is 3. The molecule has 4 nitrogen and oxygen atoms in total. The highest BCUT2D eigenvalue weighted by Gasteiger charge is 2.38. The minimum Gasteiger partial charge on any atom is -0.399 e. The van der Waals surface area contributed by atoms with Crippen molar-refractivity contribution >= 4 is 15.7 Å². The molecule has 0 aliphatic carbocycles. The Morgan fingerprint density at radius 3 is 2.48 bits per heavy atom. The lowest BCUT2D eigenvalue weighted by molar-refractivity contribution is 0.252. The van der Waals surface area contributed by atoms with Gasteiger partial charge in [0.2, 0.25) is 10.0 Å². The summed E-state index contributed by atoms with van der Waals surface area (Å²) in [6.45, 7) is 8.75. The molecule has 1 atom stereocenters. The number of halogens is 1. The van der Waals surface area contributed by atoms with E-state index in [4.69, 9.17) is 5.73 Å². The average Bonchev–Trinajstić information content (AvgIpc) is 2.83. The van der Waals surface area contributed by atoms with Crippen LogP contribution in [-0.2, 0) is 10.0 Å². The van der Waals surface area contributed by atoms with Crippen LogP contribution in [0.3, 0.4) is 0 Å². The SMILES string of the molecule is Cc1c(F)cc(N)cc1S(=O)(=O)N1CCC(C(C)(C)C)C1. The second kappa shape index (κ2) is 5.25. The van der Waals surface area contributed by atoms with E-state index in [1.165, 1.54) is 17.3 Å². The average molecular weight is 314 g/mol. The Morgan fingerprint density at radius 2 is 1.95 bits per heavy atom. The van der Waals surface area contributed by atoms with Crippen molar-refractivity contribution in [3.63, 3.8) is 0 Å². The quantitative estimate of drug-likeness (QED) is 0.854. The lowest BCUT2D eigenvalue weighted by atomic mass is 9.80. The van der Waals surface area contributed by atoms with Crippen LogP contribution in [0.2, 0.25) is 0 Å². The van der Waals surface area contributed by atoms with Crippen molar-refractivity contribution in [2.75, 3.05) is 18.8 Å². The molecular weight excluding hydrogens is 291 g/mol. The van der Waals surface area contributed by atoms with Gasteiger partial charge in [0.15, 0.2) is 0 Å². The third kappa shape index (κ3) is 3.06. The first-order chi connectivity index (χ1) is 9.53. The van der Waals surface area contributed by atoms with Crippen molar-refractivity contribution in [2.45, 2.75) is 39.0 Å². The standard InChI is InChI=1S/C15H23FN2O2S/c1-10-13(16)7-12(17)8-14(10)21(19,20)18-6-5-11(9-18)15(2,3)4/h7-8,11H,5-6,9,17H2,1-4H3. The number of benzene rings is 1. The van der Waals surface area contributed by atoms with E-state index in [1.54, 1.807) is 0 Å². The second-order valence-corrected chi connectivity index (χ2v) is 8.75. The lowest BCUT2D eigenvalue weighted by Gasteiger charge is -2.27. The summed E-state index contributed by atoms with van der Waals surface area (Å²) >= 11 is 0. The first-order valence-corrected chi connectivity index (χ1v) is 8.53. The van der Waals surface area contributed by atoms with Gasteiger partial charge >= 0.3 is 0 Å². The van der Waals surface area contributed by atoms with Crippen molar-refractivity contribution in [3.8, 4) is 0 Å². The van der Waals surface area contributed by atoms with Crippen molar-refractivity contribution in [2.24, 2.45) is 11.3 Å². The summed E-state index contributed by atoms with van der Waals surface area (Å²) in [4.78, 5) is -0.0189. The van der Waals surface area contributed by atoms with E-state index in [-0.39, 0.29) is 21.6 Å². The van der Waals surface area contributed by atoms with Crippen LogP contribution in [0.5, 0.6) is 0 Å². The van der Waals surface area contributed by atoms with Crippen LogP contribution in [0.15, 0.2) is 17.0 Å². The molecule has 1 aliphatic rings. The first kappa shape index (κ1) is 16.2. The van der Waals surface area contributed by atoms with Gasteiger partial charge in [-0.25, -0.2) is 12.8 Å². The molecule has 0 bridgehead atoms. The minimum absolute atomic E-state index is 0.0189. The molecule has 6 heteroatoms. The normalized spacial score (nSPS) is 20.9. The van der Waals surface area contributed by atoms with E-state index >= 15 is 0 Å². The lowest BCUT2D eigenvalue weighted by Crippen LogP contribution is -2.31. The van der Waals surface area contributed by atoms with E-state index in [9.17, 15) is 12.8 Å². The monoisotopic (exact) mass is 314 g/mol. The molecule has 0 amide bonds. The summed E-state index contributed by atoms with van der Waals surface area (Å²) in [5.41, 5.74) is 5.91. The van der Waals surface area contributed by atoms with Crippen molar-refractivity contribution in [1.82, 2.24) is 4.31 Å². The van der Waals surface area contributed by atoms with Gasteiger partial charge in [-0.2, -0.15) is 4.31 Å². The van der Waals surface area contributed by atoms with Gasteiger partial charge in [0.25, 0.3) is 0 Å². The Hall–Kier alpha value is -1.14. The summed E-state index contributed by atoms with van der Waals surface area (Å²) in [6, 6.07) is 2.49. The molecule has 1 fully saturated rings. The van der Waals surface area contributed by atoms with Crippen molar-refractivity contribution in [1.29, 1.82) is 0 Å². The van der Waals surface area contributed by atoms with Gasteiger partial charge in [-0.05, 0) is 36.8 Å². The maximum atomic E-state index is 13.8. The summed E-state index contributed by atoms with van der Waals surface area (Å²) in [7, 11) is -3.69. The zero-order chi connectivity index (χ0) is 16.0. The minimum atomic E-state index is -3.69. The Labute approximate surface area is 126 Å². The van der Waals surface area contributed by atoms with Crippen molar-refractivity contribution in [3.05, 3.63) is 23.5 Å². The largest absolute Gasteiger partial charge is 0.399 e. The summed E-state index contributed by atoms with van der Waals surface area (Å²) in [5, 5.41) is 0. The molecule has 1 aromatic carbocycles. The summed E-state index contributed by atoms with van der Waals surface area (Å²) in [6.07, 6.45) is 0.826. The highest BCUT2D eigenvalue weighted by atomic mass is 32.2. The van der Waals surface area contributed by atoms with Gasteiger partial charge < -0.3 is 5.73 Å². The number of hydrogen-bond donors (Lipinski definition) is 1. The molecule has 21 heavy (non-hydrogen) atoms. The fourth-order valence-electron chi connectivity index (χ4n) is 2.73. The van der Waals surface area contributed by atoms with Gasteiger partial charge in [0.05, 0.1) is 4.90 Å². The highest BCUT2D eigenvalue weighted by molar-refractivity contribution is 7.89. The zero-order valence-corrected chi connectivity index (χ0v) is 13.8. The molecule has 118 valence electrons. The van der Waals surface area contributed by atoms with Crippen LogP contribution >= 0.6 is 0 Å². The molecule has 1 unspecified atom stereocenters. The fraction of sp³-hybridized carbons (Fsp3) is 0.600. The van der Waals surface area contributed by atoms with Crippen LogP contribution in [0.4, 0.5) is 10.1 Å². The molecular formula is C15H23FN2O2S. The molecule has 0 aromatic heterocycles. The third-order valence-corrected chi connectivity index (χ3v) is 6.30. The predicted molar refractivity (Wildman–Crippen MR) is 81.9 cm³/mol. The van der Waals surface area contributed by atoms with Gasteiger partial charge in [0.1, 0.15) is 5.82 Å². The molecule has 1 saturated heterocycles. The first-order valence-electron chi connectivity index (χ1n) is 7.09. The van der Waals surface area contributed by atoms with Crippen LogP contribution in [0.1, 0.15) is 32.8 Å². The number of sulfonamides is 1. The number of nitrogen functional groups attached to an aromatic ring is 1. The fourth-order valence-corrected chi connectivity index (χ4v) is 4.50. The molecule has 0 radical (unpaired) electrons. The van der Waals surface area contributed by atoms with Crippen LogP contribution in [-0.4, -0.2) is 25.8 Å². The summed E-state index contributed by atoms with van der Waals surface area (Å²) in [5.74, 6) is -0.279. The van der Waals surface area contributed by atoms with Gasteiger partial charge in [-0.1, -0.05) is 20.8 Å². The van der Waals surface area contributed by atoms with Crippen LogP contribution in [0, 0.1) is 24.1 Å². The van der Waals surface area contributed by atoms with E-state index in [2.05, 4.69) is 20.8 Å². The Balaban J connectivity index is 2.37. The van der Waals surface area contributed by atoms with Crippen molar-refractivity contribution < 1.29 is 12.8 Å². The van der Waals surface area contributed by atoms with Gasteiger partial charge in [-0.3, -0.25) is 0 Å². The van der Waals surface area contributed by atoms with Gasteiger partial charge in [-0.15, -0.1) is 0 Å². The Morgan fingerprint density at radius 1 is 1.33 bits per heavy atom. The van der Waals surface area contributed by atoms with E-state index in [1.807, 2.05) is 0 Å². The number of rotatable bonds is 2. The Bertz CT molecular complexity index is 650. The van der Waals surface area contributed by atoms with E-state index in [0.29, 0.717) is 19.0 Å². The maximum absolute atomic E-state index is 13.8. The smallest absolute Gasteiger partial charge is 0.243 e.